The third-order valence-corrected chi connectivity index (χ3v) is 4.26. The van der Waals surface area contributed by atoms with Gasteiger partial charge in [0.2, 0.25) is 0 Å². The van der Waals surface area contributed by atoms with Crippen molar-refractivity contribution in [2.75, 3.05) is 0 Å². The van der Waals surface area contributed by atoms with Crippen LogP contribution in [-0.2, 0) is 6.42 Å². The zero-order valence-corrected chi connectivity index (χ0v) is 13.3. The number of fused-ring (bicyclic) bond motifs is 8. The average molecular weight is 326 g/mol. The Morgan fingerprint density at radius 2 is 1.28 bits per heavy atom. The van der Waals surface area contributed by atoms with Crippen molar-refractivity contribution in [2.24, 2.45) is 0 Å². The number of carbonyl (C=O) groups excluding carboxylic acids is 1. The predicted molar refractivity (Wildman–Crippen MR) is 98.0 cm³/mol. The Morgan fingerprint density at radius 3 is 1.92 bits per heavy atom. The lowest BCUT2D eigenvalue weighted by molar-refractivity contribution is 0.0998. The largest absolute Gasteiger partial charge is 0.355 e. The van der Waals surface area contributed by atoms with Gasteiger partial charge in [0.15, 0.2) is 5.78 Å². The lowest BCUT2D eigenvalue weighted by Gasteiger charge is -1.85. The van der Waals surface area contributed by atoms with Gasteiger partial charge in [0.1, 0.15) is 5.69 Å². The van der Waals surface area contributed by atoms with Crippen molar-refractivity contribution < 1.29 is 4.79 Å². The molecule has 0 aliphatic carbocycles. The highest BCUT2D eigenvalue weighted by Crippen LogP contribution is 2.16. The number of nitrogens with one attached hydrogen (secondary N) is 2. The maximum absolute atomic E-state index is 12.2. The van der Waals surface area contributed by atoms with E-state index in [9.17, 15) is 4.79 Å². The van der Waals surface area contributed by atoms with Crippen LogP contribution in [0.1, 0.15) is 27.6 Å². The van der Waals surface area contributed by atoms with Gasteiger partial charge in [-0.15, -0.1) is 0 Å². The summed E-state index contributed by atoms with van der Waals surface area (Å²) in [4.78, 5) is 27.9. The number of Topliss-reactive ketones (excluding diaryl/α,β-unsaturated/α-hetero) is 1. The summed E-state index contributed by atoms with van der Waals surface area (Å²) in [7, 11) is 0. The number of nitrogens with zero attached hydrogens (tertiary/aromatic N) is 2. The summed E-state index contributed by atoms with van der Waals surface area (Å²) in [5.74, 6) is 0.0379. The minimum Gasteiger partial charge on any atom is -0.355 e. The molecule has 0 spiro atoms. The first-order valence-corrected chi connectivity index (χ1v) is 8.10. The molecule has 0 radical (unpaired) electrons. The van der Waals surface area contributed by atoms with Gasteiger partial charge in [0.05, 0.1) is 23.5 Å². The van der Waals surface area contributed by atoms with Gasteiger partial charge in [-0.25, -0.2) is 9.97 Å². The van der Waals surface area contributed by atoms with Crippen LogP contribution in [0.15, 0.2) is 48.5 Å². The molecule has 8 bridgehead atoms. The zero-order chi connectivity index (χ0) is 16.8. The zero-order valence-electron chi connectivity index (χ0n) is 13.3. The second-order valence-corrected chi connectivity index (χ2v) is 6.20. The van der Waals surface area contributed by atoms with Crippen LogP contribution in [0.5, 0.6) is 0 Å². The van der Waals surface area contributed by atoms with Crippen molar-refractivity contribution in [3.63, 3.8) is 0 Å². The van der Waals surface area contributed by atoms with E-state index in [-0.39, 0.29) is 5.78 Å². The summed E-state index contributed by atoms with van der Waals surface area (Å²) in [6, 6.07) is 15.6. The third kappa shape index (κ3) is 2.65. The van der Waals surface area contributed by atoms with Gasteiger partial charge in [-0.05, 0) is 60.7 Å². The first-order chi connectivity index (χ1) is 12.2. The second-order valence-electron chi connectivity index (χ2n) is 6.20. The SMILES string of the molecule is O=C1Cc2cc3ccc(cc4nc(cc5ccc(cc1n2)[nH]5)C=C4)[nH]3. The third-order valence-electron chi connectivity index (χ3n) is 4.26. The molecule has 120 valence electrons. The lowest BCUT2D eigenvalue weighted by atomic mass is 10.2. The first-order valence-electron chi connectivity index (χ1n) is 8.10. The van der Waals surface area contributed by atoms with E-state index in [0.29, 0.717) is 12.1 Å². The normalized spacial score (nSPS) is 13.4. The van der Waals surface area contributed by atoms with Crippen molar-refractivity contribution in [2.45, 2.75) is 6.42 Å². The number of hydrogen-bond donors (Lipinski definition) is 2. The summed E-state index contributed by atoms with van der Waals surface area (Å²) in [5.41, 5.74) is 6.71. The molecule has 3 aromatic rings. The molecule has 2 N–H and O–H groups in total. The molecule has 5 nitrogen and oxygen atoms in total. The standard InChI is InChI=1S/C20H14N4O/c25-20-11-18-9-16-4-3-14(22-16)7-12-1-2-13(21-12)8-15-5-6-17(23-15)10-19(20)24-18/h1-10,22-23H,11H2. The van der Waals surface area contributed by atoms with Gasteiger partial charge >= 0.3 is 0 Å². The molecule has 0 saturated carbocycles. The van der Waals surface area contributed by atoms with Gasteiger partial charge in [-0.1, -0.05) is 0 Å². The highest BCUT2D eigenvalue weighted by molar-refractivity contribution is 5.98. The van der Waals surface area contributed by atoms with Gasteiger partial charge in [0.25, 0.3) is 0 Å². The molecule has 0 atom stereocenters. The molecule has 0 amide bonds. The molecule has 2 aliphatic heterocycles. The van der Waals surface area contributed by atoms with E-state index in [1.165, 1.54) is 0 Å². The maximum atomic E-state index is 12.2. The summed E-state index contributed by atoms with van der Waals surface area (Å²) in [6.07, 6.45) is 4.30. The smallest absolute Gasteiger partial charge is 0.187 e. The molecule has 2 aliphatic rings. The molecule has 5 rings (SSSR count). The van der Waals surface area contributed by atoms with E-state index < -0.39 is 0 Å². The molecule has 5 heterocycles. The van der Waals surface area contributed by atoms with E-state index >= 15 is 0 Å². The monoisotopic (exact) mass is 326 g/mol. The molecular formula is C20H14N4O. The molecule has 0 aromatic carbocycles. The highest BCUT2D eigenvalue weighted by Gasteiger charge is 2.15. The van der Waals surface area contributed by atoms with Gasteiger partial charge in [0, 0.05) is 22.1 Å². The quantitative estimate of drug-likeness (QED) is 0.514. The van der Waals surface area contributed by atoms with Crippen LogP contribution in [0.2, 0.25) is 0 Å². The van der Waals surface area contributed by atoms with E-state index in [2.05, 4.69) is 19.9 Å². The van der Waals surface area contributed by atoms with Crippen LogP contribution in [0, 0.1) is 0 Å². The number of hydrogen-bond acceptors (Lipinski definition) is 3. The van der Waals surface area contributed by atoms with Crippen LogP contribution in [-0.4, -0.2) is 25.7 Å². The molecular weight excluding hydrogens is 312 g/mol. The fraction of sp³-hybridized carbons (Fsp3) is 0.0500. The Labute approximate surface area is 143 Å². The average Bonchev–Trinajstić information content (AvgIpc) is 3.33. The van der Waals surface area contributed by atoms with Gasteiger partial charge in [-0.3, -0.25) is 4.79 Å². The second kappa shape index (κ2) is 5.27. The van der Waals surface area contributed by atoms with Crippen LogP contribution >= 0.6 is 0 Å². The lowest BCUT2D eigenvalue weighted by Crippen LogP contribution is -1.93. The van der Waals surface area contributed by atoms with Crippen LogP contribution in [0.25, 0.3) is 34.2 Å². The van der Waals surface area contributed by atoms with E-state index in [1.54, 1.807) is 6.07 Å². The first kappa shape index (κ1) is 13.9. The number of rotatable bonds is 0. The Hall–Kier alpha value is -3.47. The highest BCUT2D eigenvalue weighted by atomic mass is 16.1. The number of carbonyl (C=O) groups is 1. The number of H-pyrrole nitrogens is 2. The molecule has 25 heavy (non-hydrogen) atoms. The minimum absolute atomic E-state index is 0.0379. The summed E-state index contributed by atoms with van der Waals surface area (Å²) in [6.45, 7) is 0. The van der Waals surface area contributed by atoms with Crippen LogP contribution in [0.4, 0.5) is 0 Å². The van der Waals surface area contributed by atoms with E-state index in [4.69, 9.17) is 0 Å². The maximum Gasteiger partial charge on any atom is 0.187 e. The summed E-state index contributed by atoms with van der Waals surface area (Å²) in [5, 5.41) is 0. The molecule has 3 aromatic heterocycles. The van der Waals surface area contributed by atoms with Crippen molar-refractivity contribution in [1.29, 1.82) is 0 Å². The molecule has 0 fully saturated rings. The van der Waals surface area contributed by atoms with Crippen molar-refractivity contribution in [1.82, 2.24) is 19.9 Å². The van der Waals surface area contributed by atoms with E-state index in [1.807, 2.05) is 54.6 Å². The van der Waals surface area contributed by atoms with Gasteiger partial charge in [-0.2, -0.15) is 0 Å². The predicted octanol–water partition coefficient (Wildman–Crippen LogP) is 3.91. The van der Waals surface area contributed by atoms with Crippen LogP contribution in [0.3, 0.4) is 0 Å². The Kier molecular flexibility index (Phi) is 2.94. The topological polar surface area (TPSA) is 74.4 Å². The fourth-order valence-electron chi connectivity index (χ4n) is 3.10. The molecule has 0 saturated heterocycles. The van der Waals surface area contributed by atoms with E-state index in [0.717, 1.165) is 39.1 Å². The minimum atomic E-state index is 0.0379. The Balaban J connectivity index is 1.85. The molecule has 0 unspecified atom stereocenters. The van der Waals surface area contributed by atoms with Gasteiger partial charge < -0.3 is 9.97 Å². The Bertz CT molecular complexity index is 1200. The number of ketones is 1. The number of aromatic nitrogens is 4. The summed E-state index contributed by atoms with van der Waals surface area (Å²) >= 11 is 0. The van der Waals surface area contributed by atoms with Crippen molar-refractivity contribution in [3.05, 3.63) is 71.3 Å². The van der Waals surface area contributed by atoms with Crippen molar-refractivity contribution >= 4 is 40.0 Å². The fourth-order valence-corrected chi connectivity index (χ4v) is 3.10. The number of aromatic amines is 2. The molecule has 5 heteroatoms. The van der Waals surface area contributed by atoms with Crippen molar-refractivity contribution in [3.8, 4) is 0 Å². The summed E-state index contributed by atoms with van der Waals surface area (Å²) < 4.78 is 0. The Morgan fingerprint density at radius 1 is 0.720 bits per heavy atom. The van der Waals surface area contributed by atoms with Crippen LogP contribution < -0.4 is 0 Å².